The van der Waals surface area contributed by atoms with Gasteiger partial charge in [-0.3, -0.25) is 15.0 Å². The van der Waals surface area contributed by atoms with Gasteiger partial charge >= 0.3 is 0 Å². The SMILES string of the molecule is CCN(CC)C(C(=O)Nc1nnc(-c2ccccc2)s1)c1ccccc1. The van der Waals surface area contributed by atoms with Gasteiger partial charge in [0.2, 0.25) is 11.0 Å². The highest BCUT2D eigenvalue weighted by molar-refractivity contribution is 7.18. The number of hydrogen-bond acceptors (Lipinski definition) is 5. The van der Waals surface area contributed by atoms with Gasteiger partial charge in [0.15, 0.2) is 0 Å². The van der Waals surface area contributed by atoms with E-state index in [4.69, 9.17) is 0 Å². The molecule has 6 heteroatoms. The van der Waals surface area contributed by atoms with Crippen LogP contribution in [0.4, 0.5) is 5.13 Å². The predicted molar refractivity (Wildman–Crippen MR) is 106 cm³/mol. The van der Waals surface area contributed by atoms with Gasteiger partial charge in [-0.25, -0.2) is 0 Å². The van der Waals surface area contributed by atoms with Gasteiger partial charge in [-0.1, -0.05) is 85.8 Å². The number of hydrogen-bond donors (Lipinski definition) is 1. The minimum absolute atomic E-state index is 0.0874. The molecule has 1 amide bonds. The van der Waals surface area contributed by atoms with Crippen molar-refractivity contribution in [2.75, 3.05) is 18.4 Å². The van der Waals surface area contributed by atoms with Gasteiger partial charge in [0.05, 0.1) is 0 Å². The first kappa shape index (κ1) is 18.2. The summed E-state index contributed by atoms with van der Waals surface area (Å²) in [6.07, 6.45) is 0. The lowest BCUT2D eigenvalue weighted by Gasteiger charge is -2.28. The van der Waals surface area contributed by atoms with Crippen LogP contribution >= 0.6 is 11.3 Å². The van der Waals surface area contributed by atoms with Crippen LogP contribution < -0.4 is 5.32 Å². The molecule has 1 heterocycles. The van der Waals surface area contributed by atoms with Crippen LogP contribution in [0.3, 0.4) is 0 Å². The van der Waals surface area contributed by atoms with Crippen LogP contribution in [0.25, 0.3) is 10.6 Å². The largest absolute Gasteiger partial charge is 0.299 e. The Morgan fingerprint density at radius 1 is 1.00 bits per heavy atom. The Balaban J connectivity index is 1.81. The molecule has 1 N–H and O–H groups in total. The third-order valence-corrected chi connectivity index (χ3v) is 5.10. The van der Waals surface area contributed by atoms with Gasteiger partial charge < -0.3 is 0 Å². The second-order valence-electron chi connectivity index (χ2n) is 5.80. The summed E-state index contributed by atoms with van der Waals surface area (Å²) in [5, 5.41) is 12.6. The lowest BCUT2D eigenvalue weighted by atomic mass is 10.0. The van der Waals surface area contributed by atoms with E-state index < -0.39 is 0 Å². The first-order valence-corrected chi connectivity index (χ1v) is 9.53. The summed E-state index contributed by atoms with van der Waals surface area (Å²) in [5.41, 5.74) is 1.97. The van der Waals surface area contributed by atoms with Crippen LogP contribution in [0.5, 0.6) is 0 Å². The normalized spacial score (nSPS) is 12.1. The van der Waals surface area contributed by atoms with Gasteiger partial charge in [-0.05, 0) is 18.7 Å². The van der Waals surface area contributed by atoms with Crippen molar-refractivity contribution in [3.8, 4) is 10.6 Å². The number of nitrogens with zero attached hydrogens (tertiary/aromatic N) is 3. The molecule has 0 saturated carbocycles. The Hall–Kier alpha value is -2.57. The van der Waals surface area contributed by atoms with Gasteiger partial charge in [-0.15, -0.1) is 10.2 Å². The molecule has 0 aliphatic carbocycles. The van der Waals surface area contributed by atoms with Crippen molar-refractivity contribution in [3.63, 3.8) is 0 Å². The lowest BCUT2D eigenvalue weighted by molar-refractivity contribution is -0.121. The Kier molecular flexibility index (Phi) is 6.09. The molecular formula is C20H22N4OS. The summed E-state index contributed by atoms with van der Waals surface area (Å²) >= 11 is 1.38. The molecule has 1 atom stereocenters. The van der Waals surface area contributed by atoms with Gasteiger partial charge in [0.25, 0.3) is 0 Å². The summed E-state index contributed by atoms with van der Waals surface area (Å²) in [5.74, 6) is -0.0874. The predicted octanol–water partition coefficient (Wildman–Crippen LogP) is 4.23. The van der Waals surface area contributed by atoms with Crippen molar-refractivity contribution in [1.29, 1.82) is 0 Å². The highest BCUT2D eigenvalue weighted by Gasteiger charge is 2.26. The molecule has 1 unspecified atom stereocenters. The molecule has 2 aromatic carbocycles. The molecular weight excluding hydrogens is 344 g/mol. The average Bonchev–Trinajstić information content (AvgIpc) is 3.15. The molecule has 0 spiro atoms. The molecule has 3 rings (SSSR count). The fourth-order valence-corrected chi connectivity index (χ4v) is 3.65. The van der Waals surface area contributed by atoms with Crippen molar-refractivity contribution in [2.24, 2.45) is 0 Å². The van der Waals surface area contributed by atoms with Crippen molar-refractivity contribution in [3.05, 3.63) is 66.2 Å². The number of amides is 1. The molecule has 0 bridgehead atoms. The first-order valence-electron chi connectivity index (χ1n) is 8.71. The Labute approximate surface area is 157 Å². The van der Waals surface area contributed by atoms with E-state index >= 15 is 0 Å². The Morgan fingerprint density at radius 3 is 2.23 bits per heavy atom. The number of nitrogens with one attached hydrogen (secondary N) is 1. The van der Waals surface area contributed by atoms with E-state index in [1.165, 1.54) is 11.3 Å². The lowest BCUT2D eigenvalue weighted by Crippen LogP contribution is -2.37. The minimum Gasteiger partial charge on any atom is -0.299 e. The standard InChI is InChI=1S/C20H22N4OS/c1-3-24(4-2)17(15-11-7-5-8-12-15)18(25)21-20-23-22-19(26-20)16-13-9-6-10-14-16/h5-14,17H,3-4H2,1-2H3,(H,21,23,25). The second-order valence-corrected chi connectivity index (χ2v) is 6.78. The fraction of sp³-hybridized carbons (Fsp3) is 0.250. The van der Waals surface area contributed by atoms with Crippen molar-refractivity contribution in [1.82, 2.24) is 15.1 Å². The maximum Gasteiger partial charge on any atom is 0.248 e. The summed E-state index contributed by atoms with van der Waals surface area (Å²) in [6.45, 7) is 5.69. The number of aromatic nitrogens is 2. The minimum atomic E-state index is -0.352. The molecule has 0 aliphatic heterocycles. The van der Waals surface area contributed by atoms with Crippen LogP contribution in [-0.2, 0) is 4.79 Å². The van der Waals surface area contributed by atoms with Crippen LogP contribution in [-0.4, -0.2) is 34.1 Å². The van der Waals surface area contributed by atoms with Gasteiger partial charge in [0.1, 0.15) is 11.0 Å². The van der Waals surface area contributed by atoms with E-state index in [0.29, 0.717) is 5.13 Å². The summed E-state index contributed by atoms with van der Waals surface area (Å²) in [7, 11) is 0. The number of rotatable bonds is 7. The Bertz CT molecular complexity index is 831. The topological polar surface area (TPSA) is 58.1 Å². The molecule has 0 saturated heterocycles. The van der Waals surface area contributed by atoms with E-state index in [1.54, 1.807) is 0 Å². The molecule has 1 aromatic heterocycles. The molecule has 0 fully saturated rings. The number of carbonyl (C=O) groups excluding carboxylic acids is 1. The van der Waals surface area contributed by atoms with E-state index in [1.807, 2.05) is 60.7 Å². The van der Waals surface area contributed by atoms with Crippen molar-refractivity contribution in [2.45, 2.75) is 19.9 Å². The van der Waals surface area contributed by atoms with Crippen LogP contribution in [0, 0.1) is 0 Å². The van der Waals surface area contributed by atoms with Crippen molar-refractivity contribution >= 4 is 22.4 Å². The number of carbonyl (C=O) groups is 1. The van der Waals surface area contributed by atoms with Gasteiger partial charge in [-0.2, -0.15) is 0 Å². The third kappa shape index (κ3) is 4.15. The maximum absolute atomic E-state index is 13.0. The van der Waals surface area contributed by atoms with E-state index in [0.717, 1.165) is 29.2 Å². The first-order chi connectivity index (χ1) is 12.7. The highest BCUT2D eigenvalue weighted by Crippen LogP contribution is 2.28. The van der Waals surface area contributed by atoms with Crippen LogP contribution in [0.1, 0.15) is 25.5 Å². The smallest absolute Gasteiger partial charge is 0.248 e. The molecule has 5 nitrogen and oxygen atoms in total. The third-order valence-electron chi connectivity index (χ3n) is 4.22. The van der Waals surface area contributed by atoms with E-state index in [-0.39, 0.29) is 11.9 Å². The molecule has 3 aromatic rings. The second kappa shape index (κ2) is 8.69. The number of benzene rings is 2. The van der Waals surface area contributed by atoms with Crippen LogP contribution in [0.2, 0.25) is 0 Å². The quantitative estimate of drug-likeness (QED) is 0.680. The summed E-state index contributed by atoms with van der Waals surface area (Å²) in [6, 6.07) is 19.3. The molecule has 26 heavy (non-hydrogen) atoms. The number of likely N-dealkylation sites (N-methyl/N-ethyl adjacent to an activating group) is 1. The average molecular weight is 366 g/mol. The Morgan fingerprint density at radius 2 is 1.62 bits per heavy atom. The van der Waals surface area contributed by atoms with Crippen LogP contribution in [0.15, 0.2) is 60.7 Å². The number of anilines is 1. The summed E-state index contributed by atoms with van der Waals surface area (Å²) < 4.78 is 0. The maximum atomic E-state index is 13.0. The fourth-order valence-electron chi connectivity index (χ4n) is 2.90. The van der Waals surface area contributed by atoms with Gasteiger partial charge in [0, 0.05) is 5.56 Å². The zero-order valence-corrected chi connectivity index (χ0v) is 15.7. The highest BCUT2D eigenvalue weighted by atomic mass is 32.1. The zero-order chi connectivity index (χ0) is 18.4. The van der Waals surface area contributed by atoms with E-state index in [9.17, 15) is 4.79 Å². The molecule has 134 valence electrons. The molecule has 0 aliphatic rings. The summed E-state index contributed by atoms with van der Waals surface area (Å²) in [4.78, 5) is 15.1. The molecule has 0 radical (unpaired) electrons. The van der Waals surface area contributed by atoms with Crippen molar-refractivity contribution < 1.29 is 4.79 Å². The monoisotopic (exact) mass is 366 g/mol. The zero-order valence-electron chi connectivity index (χ0n) is 14.9. The van der Waals surface area contributed by atoms with E-state index in [2.05, 4.69) is 34.3 Å².